The molecule has 3 aromatic rings. The zero-order chi connectivity index (χ0) is 96.5. The fraction of sp³-hybridized carbons (Fsp3) is 0.595. The van der Waals surface area contributed by atoms with E-state index in [1.807, 2.05) is 0 Å². The second kappa shape index (κ2) is 51.3. The molecule has 2 aliphatic rings. The fourth-order valence-electron chi connectivity index (χ4n) is 14.2. The number of phenolic OH excluding ortho intramolecular Hbond substituents is 1. The van der Waals surface area contributed by atoms with E-state index in [1.165, 1.54) is 52.4 Å². The number of H-pyrrole nitrogens is 1. The molecule has 25 N–H and O–H groups in total. The van der Waals surface area contributed by atoms with Gasteiger partial charge in [-0.2, -0.15) is 0 Å². The number of hydrogen-bond donors (Lipinski definition) is 23. The summed E-state index contributed by atoms with van der Waals surface area (Å²) in [6, 6.07) is -10.0. The van der Waals surface area contributed by atoms with Crippen LogP contribution in [0.4, 0.5) is 0 Å². The molecule has 0 aliphatic carbocycles. The third-order valence-corrected chi connectivity index (χ3v) is 21.7. The number of nitrogens with zero attached hydrogens (tertiary/aromatic N) is 3. The van der Waals surface area contributed by atoms with Gasteiger partial charge in [0.2, 0.25) is 100 Å². The zero-order valence-corrected chi connectivity index (χ0v) is 74.3. The number of rotatable bonds is 51. The monoisotopic (exact) mass is 1810 g/mol. The van der Waals surface area contributed by atoms with Crippen molar-refractivity contribution in [3.05, 3.63) is 83.9 Å². The summed E-state index contributed by atoms with van der Waals surface area (Å²) in [5, 5.41) is 94.6. The lowest BCUT2D eigenvalue weighted by molar-refractivity contribution is -0.145. The topological polar surface area (TPSA) is 701 Å². The molecule has 5 rings (SSSR count). The van der Waals surface area contributed by atoms with Crippen LogP contribution in [0.25, 0.3) is 0 Å². The van der Waals surface area contributed by atoms with Crippen molar-refractivity contribution in [2.75, 3.05) is 26.2 Å². The first-order valence-corrected chi connectivity index (χ1v) is 42.7. The van der Waals surface area contributed by atoms with Crippen LogP contribution in [-0.2, 0) is 110 Å². The Kier molecular flexibility index (Phi) is 42.4. The van der Waals surface area contributed by atoms with Crippen molar-refractivity contribution in [1.29, 1.82) is 0 Å². The van der Waals surface area contributed by atoms with Crippen LogP contribution in [0.3, 0.4) is 0 Å². The van der Waals surface area contributed by atoms with Gasteiger partial charge in [-0.15, -0.1) is 0 Å². The van der Waals surface area contributed by atoms with Gasteiger partial charge < -0.3 is 131 Å². The van der Waals surface area contributed by atoms with Crippen LogP contribution in [0.2, 0.25) is 0 Å². The lowest BCUT2D eigenvalue weighted by Gasteiger charge is -2.31. The smallest absolute Gasteiger partial charge is 0.328 e. The highest BCUT2D eigenvalue weighted by Gasteiger charge is 2.44. The molecule has 1 aromatic heterocycles. The molecule has 45 nitrogen and oxygen atoms in total. The molecule has 19 atom stereocenters. The van der Waals surface area contributed by atoms with Gasteiger partial charge in [-0.05, 0) is 120 Å². The number of aromatic hydroxyl groups is 1. The number of benzene rings is 2. The van der Waals surface area contributed by atoms with Crippen molar-refractivity contribution in [2.24, 2.45) is 35.1 Å². The summed E-state index contributed by atoms with van der Waals surface area (Å²) in [7, 11) is 0. The number of aliphatic hydroxyl groups is 3. The van der Waals surface area contributed by atoms with Crippen molar-refractivity contribution in [3.63, 3.8) is 0 Å². The van der Waals surface area contributed by atoms with Crippen molar-refractivity contribution in [1.82, 2.24) is 94.2 Å². The Morgan fingerprint density at radius 2 is 0.953 bits per heavy atom. The Morgan fingerprint density at radius 3 is 1.50 bits per heavy atom. The summed E-state index contributed by atoms with van der Waals surface area (Å²) in [6.45, 7) is 16.1. The van der Waals surface area contributed by atoms with Gasteiger partial charge in [-0.3, -0.25) is 86.3 Å². The molecular weight excluding hydrogens is 1690 g/mol. The van der Waals surface area contributed by atoms with E-state index in [0.29, 0.717) is 23.2 Å². The minimum Gasteiger partial charge on any atom is -0.508 e. The van der Waals surface area contributed by atoms with Crippen LogP contribution in [-0.4, -0.2) is 298 Å². The molecule has 0 radical (unpaired) electrons. The van der Waals surface area contributed by atoms with Gasteiger partial charge >= 0.3 is 11.9 Å². The predicted molar refractivity (Wildman–Crippen MR) is 459 cm³/mol. The number of carbonyl (C=O) groups excluding carboxylic acids is 17. The van der Waals surface area contributed by atoms with E-state index in [4.69, 9.17) is 11.5 Å². The molecule has 712 valence electrons. The van der Waals surface area contributed by atoms with Gasteiger partial charge in [0.1, 0.15) is 90.3 Å². The molecule has 45 heteroatoms. The van der Waals surface area contributed by atoms with Crippen LogP contribution < -0.4 is 85.9 Å². The molecular formula is C84H126N20O25. The van der Waals surface area contributed by atoms with Crippen molar-refractivity contribution in [2.45, 2.75) is 269 Å². The third kappa shape index (κ3) is 33.4. The number of aliphatic carboxylic acids is 2. The number of nitrogens with one attached hydrogen (secondary N) is 15. The Morgan fingerprint density at radius 1 is 0.488 bits per heavy atom. The van der Waals surface area contributed by atoms with E-state index in [1.54, 1.807) is 84.0 Å². The molecule has 17 amide bonds. The number of carbonyl (C=O) groups is 19. The molecule has 129 heavy (non-hydrogen) atoms. The molecule has 2 aromatic carbocycles. The molecule has 0 unspecified atom stereocenters. The number of phenols is 1. The number of aromatic nitrogens is 2. The van der Waals surface area contributed by atoms with E-state index >= 15 is 0 Å². The highest BCUT2D eigenvalue weighted by Crippen LogP contribution is 2.23. The van der Waals surface area contributed by atoms with Crippen molar-refractivity contribution >= 4 is 112 Å². The molecule has 0 bridgehead atoms. The fourth-order valence-corrected chi connectivity index (χ4v) is 14.2. The maximum atomic E-state index is 14.6. The first kappa shape index (κ1) is 107. The van der Waals surface area contributed by atoms with Gasteiger partial charge in [0.25, 0.3) is 0 Å². The largest absolute Gasteiger partial charge is 0.508 e. The van der Waals surface area contributed by atoms with E-state index < -0.39 is 271 Å². The second-order valence-corrected chi connectivity index (χ2v) is 33.5. The van der Waals surface area contributed by atoms with Gasteiger partial charge in [-0.25, -0.2) is 9.78 Å². The van der Waals surface area contributed by atoms with Gasteiger partial charge in [0.15, 0.2) is 6.04 Å². The molecule has 0 saturated carbocycles. The van der Waals surface area contributed by atoms with Crippen LogP contribution in [0.1, 0.15) is 158 Å². The highest BCUT2D eigenvalue weighted by molar-refractivity contribution is 6.02. The average Bonchev–Trinajstić information content (AvgIpc) is 1.73. The Balaban J connectivity index is 1.18. The maximum absolute atomic E-state index is 14.6. The van der Waals surface area contributed by atoms with E-state index in [0.717, 1.165) is 23.6 Å². The Hall–Kier alpha value is -12.8. The minimum atomic E-state index is -1.87. The quantitative estimate of drug-likeness (QED) is 0.0250. The van der Waals surface area contributed by atoms with E-state index in [2.05, 4.69) is 84.4 Å². The van der Waals surface area contributed by atoms with Gasteiger partial charge in [0.05, 0.1) is 44.1 Å². The summed E-state index contributed by atoms with van der Waals surface area (Å²) in [5.41, 5.74) is 13.1. The third-order valence-electron chi connectivity index (χ3n) is 21.7. The molecule has 0 spiro atoms. The van der Waals surface area contributed by atoms with Crippen molar-refractivity contribution < 1.29 is 122 Å². The number of carboxylic acid groups (broad SMARTS) is 2. The lowest BCUT2D eigenvalue weighted by Crippen LogP contribution is -2.62. The minimum absolute atomic E-state index is 0.000556. The van der Waals surface area contributed by atoms with Crippen LogP contribution in [0.5, 0.6) is 5.75 Å². The number of imidazole rings is 1. The molecule has 2 saturated heterocycles. The number of aliphatic hydroxyl groups excluding tert-OH is 3. The maximum Gasteiger partial charge on any atom is 0.328 e. The standard InChI is InChI=1S/C84H126N20O25/c1-13-43(8)66(100-80(124)65(42(6)7)98-75(119)56(34-50-36-87-39-89-50)93-78(122)60-22-18-30-104(60)83(127)57(35-61(86)109)96-71(115)52(85)32-49-23-25-51(108)26-24-49)81(125)94-54(31-40(2)3)73(117)97-58(38-105)76(120)99-64(41(4)5)79(123)91-44(9)69(113)88-37-62(110)103-29-17-21-59(103)77(121)90-45(10)70(114)101-67(46(11)106)82(126)95-55(33-48-19-15-14-16-20-48)74(118)92-53(27-28-63(111)112)72(116)102-68(47(12)107)84(128)129/h14-16,19-20,23-26,36,39-47,52-60,64-68,105-108H,13,17-18,21-22,27-35,37-38,85H2,1-12H3,(H2,86,109)(H,87,89)(H,88,113)(H,90,121)(H,91,123)(H,92,118)(H,93,122)(H,94,125)(H,95,126)(H,96,115)(H,97,117)(H,98,119)(H,99,120)(H,100,124)(H,101,114)(H,102,116)(H,111,112)(H,128,129)/t43-,44-,45-,46+,47+,52-,53-,54-,55-,56-,57-,58-,59-,60-,64-,65-,66-,67-,68-/m0/s1. The number of primary amides is 1. The first-order valence-electron chi connectivity index (χ1n) is 42.7. The van der Waals surface area contributed by atoms with Crippen LogP contribution >= 0.6 is 0 Å². The summed E-state index contributed by atoms with van der Waals surface area (Å²) in [6.07, 6.45) is -2.05. The summed E-state index contributed by atoms with van der Waals surface area (Å²) in [5.74, 6) is -21.4. The van der Waals surface area contributed by atoms with E-state index in [-0.39, 0.29) is 76.1 Å². The lowest BCUT2D eigenvalue weighted by atomic mass is 9.95. The van der Waals surface area contributed by atoms with Gasteiger partial charge in [0, 0.05) is 44.2 Å². The zero-order valence-electron chi connectivity index (χ0n) is 74.3. The molecule has 2 aliphatic heterocycles. The number of nitrogens with two attached hydrogens (primary N) is 2. The normalized spacial score (nSPS) is 17.6. The Bertz CT molecular complexity index is 4400. The SMILES string of the molecule is CC[C@H](C)[C@H](NC(=O)[C@@H](NC(=O)[C@H](Cc1cnc[nH]1)NC(=O)[C@@H]1CCCN1C(=O)[C@H](CC(N)=O)NC(=O)[C@@H](N)Cc1ccc(O)cc1)C(C)C)C(=O)N[C@@H](CC(C)C)C(=O)N[C@@H](CO)C(=O)N[C@H](C(=O)N[C@@H](C)C(=O)NCC(=O)N1CCC[C@H]1C(=O)N[C@@H](C)C(=O)N[C@H](C(=O)N[C@@H](Cc1ccccc1)C(=O)N[C@@H](CCC(=O)O)C(=O)N[C@H](C(=O)O)[C@@H](C)O)[C@@H](C)O)C(C)C. The van der Waals surface area contributed by atoms with Gasteiger partial charge in [-0.1, -0.05) is 104 Å². The molecule has 3 heterocycles. The highest BCUT2D eigenvalue weighted by atomic mass is 16.4. The van der Waals surface area contributed by atoms with E-state index in [9.17, 15) is 122 Å². The van der Waals surface area contributed by atoms with Crippen LogP contribution in [0.15, 0.2) is 67.1 Å². The number of hydrogen-bond acceptors (Lipinski definition) is 25. The number of likely N-dealkylation sites (tertiary alicyclic amines) is 2. The summed E-state index contributed by atoms with van der Waals surface area (Å²) in [4.78, 5) is 269. The second-order valence-electron chi connectivity index (χ2n) is 33.5. The predicted octanol–water partition coefficient (Wildman–Crippen LogP) is -6.11. The summed E-state index contributed by atoms with van der Waals surface area (Å²) < 4.78 is 0. The molecule has 2 fully saturated rings. The first-order chi connectivity index (χ1) is 60.7. The van der Waals surface area contributed by atoms with Crippen LogP contribution in [0, 0.1) is 23.7 Å². The average molecular weight is 1820 g/mol. The summed E-state index contributed by atoms with van der Waals surface area (Å²) >= 11 is 0. The number of amides is 17. The Labute approximate surface area is 745 Å². The number of aromatic amines is 1. The van der Waals surface area contributed by atoms with Crippen molar-refractivity contribution in [3.8, 4) is 5.75 Å². The number of carboxylic acids is 2.